The largest absolute Gasteiger partial charge is 0.480 e. The normalized spacial score (nSPS) is 11.4. The smallest absolute Gasteiger partial charge is 0.328 e. The highest BCUT2D eigenvalue weighted by atomic mass is 16.4. The minimum atomic E-state index is -0.963. The first-order chi connectivity index (χ1) is 7.66. The molecule has 1 aromatic rings. The van der Waals surface area contributed by atoms with Crippen molar-refractivity contribution in [1.82, 2.24) is 0 Å². The fourth-order valence-corrected chi connectivity index (χ4v) is 1.77. The van der Waals surface area contributed by atoms with Crippen LogP contribution in [0.4, 0.5) is 5.69 Å². The van der Waals surface area contributed by atoms with E-state index in [2.05, 4.69) is 11.4 Å². The van der Waals surface area contributed by atoms with Gasteiger partial charge in [-0.05, 0) is 63.8 Å². The van der Waals surface area contributed by atoms with Gasteiger partial charge < -0.3 is 10.4 Å². The standard InChI is InChI=1S/C14H21NO2/c1-8-7-9(2)11(4)12(10(8)3)15-14(5,6)13(16)17/h7,15H,1-6H3,(H,16,17). The Morgan fingerprint density at radius 3 is 1.88 bits per heavy atom. The number of aliphatic carboxylic acids is 1. The Morgan fingerprint density at radius 2 is 1.53 bits per heavy atom. The van der Waals surface area contributed by atoms with Crippen LogP contribution < -0.4 is 5.32 Å². The van der Waals surface area contributed by atoms with E-state index < -0.39 is 11.5 Å². The number of benzene rings is 1. The predicted molar refractivity (Wildman–Crippen MR) is 70.7 cm³/mol. The maximum Gasteiger partial charge on any atom is 0.328 e. The van der Waals surface area contributed by atoms with Gasteiger partial charge in [-0.1, -0.05) is 6.07 Å². The van der Waals surface area contributed by atoms with Gasteiger partial charge in [-0.3, -0.25) is 0 Å². The van der Waals surface area contributed by atoms with Crippen LogP contribution in [0.1, 0.15) is 36.1 Å². The van der Waals surface area contributed by atoms with Crippen molar-refractivity contribution in [3.05, 3.63) is 28.3 Å². The molecule has 0 spiro atoms. The minimum Gasteiger partial charge on any atom is -0.480 e. The molecule has 0 atom stereocenters. The Kier molecular flexibility index (Phi) is 3.51. The lowest BCUT2D eigenvalue weighted by atomic mass is 9.96. The van der Waals surface area contributed by atoms with Gasteiger partial charge in [-0.15, -0.1) is 0 Å². The van der Waals surface area contributed by atoms with Gasteiger partial charge in [0.25, 0.3) is 0 Å². The summed E-state index contributed by atoms with van der Waals surface area (Å²) in [6.45, 7) is 11.5. The zero-order valence-electron chi connectivity index (χ0n) is 11.4. The van der Waals surface area contributed by atoms with Crippen molar-refractivity contribution in [3.8, 4) is 0 Å². The molecule has 0 aromatic heterocycles. The first kappa shape index (κ1) is 13.6. The summed E-state index contributed by atoms with van der Waals surface area (Å²) in [4.78, 5) is 11.2. The summed E-state index contributed by atoms with van der Waals surface area (Å²) in [5.41, 5.74) is 4.56. The van der Waals surface area contributed by atoms with Crippen LogP contribution in [0, 0.1) is 27.7 Å². The number of aryl methyl sites for hydroxylation is 2. The highest BCUT2D eigenvalue weighted by Crippen LogP contribution is 2.29. The molecule has 0 unspecified atom stereocenters. The van der Waals surface area contributed by atoms with E-state index in [4.69, 9.17) is 5.11 Å². The highest BCUT2D eigenvalue weighted by molar-refractivity contribution is 5.82. The van der Waals surface area contributed by atoms with Crippen LogP contribution in [-0.4, -0.2) is 16.6 Å². The molecule has 1 rings (SSSR count). The van der Waals surface area contributed by atoms with Crippen molar-refractivity contribution < 1.29 is 9.90 Å². The number of anilines is 1. The maximum atomic E-state index is 11.2. The molecule has 2 N–H and O–H groups in total. The number of nitrogens with one attached hydrogen (secondary N) is 1. The average molecular weight is 235 g/mol. The van der Waals surface area contributed by atoms with Gasteiger partial charge in [0.2, 0.25) is 0 Å². The number of carboxylic acids is 1. The van der Waals surface area contributed by atoms with E-state index in [-0.39, 0.29) is 0 Å². The Morgan fingerprint density at radius 1 is 1.12 bits per heavy atom. The Bertz CT molecular complexity index is 436. The van der Waals surface area contributed by atoms with Crippen LogP contribution >= 0.6 is 0 Å². The molecule has 0 fully saturated rings. The van der Waals surface area contributed by atoms with Crippen LogP contribution in [0.5, 0.6) is 0 Å². The fraction of sp³-hybridized carbons (Fsp3) is 0.500. The summed E-state index contributed by atoms with van der Waals surface area (Å²) in [5.74, 6) is -0.851. The monoisotopic (exact) mass is 235 g/mol. The summed E-state index contributed by atoms with van der Waals surface area (Å²) in [6, 6.07) is 2.13. The zero-order valence-corrected chi connectivity index (χ0v) is 11.4. The molecule has 1 aromatic carbocycles. The third-order valence-electron chi connectivity index (χ3n) is 3.34. The molecule has 17 heavy (non-hydrogen) atoms. The first-order valence-corrected chi connectivity index (χ1v) is 5.76. The molecular weight excluding hydrogens is 214 g/mol. The van der Waals surface area contributed by atoms with Crippen LogP contribution in [0.25, 0.3) is 0 Å². The Hall–Kier alpha value is -1.51. The van der Waals surface area contributed by atoms with Gasteiger partial charge in [0.1, 0.15) is 5.54 Å². The van der Waals surface area contributed by atoms with Crippen molar-refractivity contribution in [2.45, 2.75) is 47.1 Å². The van der Waals surface area contributed by atoms with Crippen molar-refractivity contribution >= 4 is 11.7 Å². The number of rotatable bonds is 3. The molecule has 0 aliphatic carbocycles. The Balaban J connectivity index is 3.28. The third kappa shape index (κ3) is 2.60. The fourth-order valence-electron chi connectivity index (χ4n) is 1.77. The second-order valence-corrected chi connectivity index (χ2v) is 5.19. The van der Waals surface area contributed by atoms with E-state index in [1.165, 1.54) is 11.1 Å². The lowest BCUT2D eigenvalue weighted by Gasteiger charge is -2.26. The van der Waals surface area contributed by atoms with Gasteiger partial charge in [-0.2, -0.15) is 0 Å². The van der Waals surface area contributed by atoms with Crippen molar-refractivity contribution in [3.63, 3.8) is 0 Å². The van der Waals surface area contributed by atoms with Gasteiger partial charge in [0.15, 0.2) is 0 Å². The molecule has 0 saturated carbocycles. The van der Waals surface area contributed by atoms with Crippen LogP contribution in [0.2, 0.25) is 0 Å². The SMILES string of the molecule is Cc1cc(C)c(C)c(NC(C)(C)C(=O)O)c1C. The number of hydrogen-bond donors (Lipinski definition) is 2. The van der Waals surface area contributed by atoms with Gasteiger partial charge in [0, 0.05) is 5.69 Å². The van der Waals surface area contributed by atoms with Crippen LogP contribution in [0.3, 0.4) is 0 Å². The first-order valence-electron chi connectivity index (χ1n) is 5.76. The molecule has 0 radical (unpaired) electrons. The Labute approximate surface area is 103 Å². The van der Waals surface area contributed by atoms with E-state index in [1.54, 1.807) is 13.8 Å². The van der Waals surface area contributed by atoms with E-state index >= 15 is 0 Å². The molecule has 0 aliphatic rings. The lowest BCUT2D eigenvalue weighted by Crippen LogP contribution is -2.40. The molecule has 94 valence electrons. The predicted octanol–water partition coefficient (Wildman–Crippen LogP) is 3.20. The molecule has 0 saturated heterocycles. The molecule has 3 nitrogen and oxygen atoms in total. The summed E-state index contributed by atoms with van der Waals surface area (Å²) in [5, 5.41) is 12.3. The lowest BCUT2D eigenvalue weighted by molar-refractivity contribution is -0.141. The number of carboxylic acid groups (broad SMARTS) is 1. The highest BCUT2D eigenvalue weighted by Gasteiger charge is 2.28. The molecule has 0 heterocycles. The van der Waals surface area contributed by atoms with E-state index in [0.29, 0.717) is 0 Å². The maximum absolute atomic E-state index is 11.2. The molecule has 3 heteroatoms. The molecule has 0 bridgehead atoms. The van der Waals surface area contributed by atoms with Crippen molar-refractivity contribution in [2.75, 3.05) is 5.32 Å². The van der Waals surface area contributed by atoms with Crippen molar-refractivity contribution in [2.24, 2.45) is 0 Å². The average Bonchev–Trinajstić information content (AvgIpc) is 2.21. The van der Waals surface area contributed by atoms with Crippen molar-refractivity contribution in [1.29, 1.82) is 0 Å². The summed E-state index contributed by atoms with van der Waals surface area (Å²) in [7, 11) is 0. The summed E-state index contributed by atoms with van der Waals surface area (Å²) < 4.78 is 0. The summed E-state index contributed by atoms with van der Waals surface area (Å²) in [6.07, 6.45) is 0. The van der Waals surface area contributed by atoms with E-state index in [9.17, 15) is 4.79 Å². The molecule has 0 amide bonds. The topological polar surface area (TPSA) is 49.3 Å². The quantitative estimate of drug-likeness (QED) is 0.845. The van der Waals surface area contributed by atoms with Crippen LogP contribution in [0.15, 0.2) is 6.07 Å². The second kappa shape index (κ2) is 4.40. The molecule has 0 aliphatic heterocycles. The molecular formula is C14H21NO2. The zero-order chi connectivity index (χ0) is 13.4. The van der Waals surface area contributed by atoms with Gasteiger partial charge in [0.05, 0.1) is 0 Å². The van der Waals surface area contributed by atoms with Gasteiger partial charge >= 0.3 is 5.97 Å². The van der Waals surface area contributed by atoms with Crippen LogP contribution in [-0.2, 0) is 4.79 Å². The van der Waals surface area contributed by atoms with E-state index in [0.717, 1.165) is 16.8 Å². The second-order valence-electron chi connectivity index (χ2n) is 5.19. The minimum absolute atomic E-state index is 0.851. The number of carbonyl (C=O) groups is 1. The summed E-state index contributed by atoms with van der Waals surface area (Å²) >= 11 is 0. The van der Waals surface area contributed by atoms with Gasteiger partial charge in [-0.25, -0.2) is 4.79 Å². The number of hydrogen-bond acceptors (Lipinski definition) is 2. The third-order valence-corrected chi connectivity index (χ3v) is 3.34. The van der Waals surface area contributed by atoms with E-state index in [1.807, 2.05) is 27.7 Å².